The summed E-state index contributed by atoms with van der Waals surface area (Å²) < 4.78 is 30.7. The van der Waals surface area contributed by atoms with Crippen molar-refractivity contribution in [3.8, 4) is 11.3 Å². The SMILES string of the molecule is CC(C)CNC(=O)CN1C(=O)CSC(c2ccc(F)cc2F)c2c(-c3ccccc3)nn(C(C)(C)C)c21. The number of amides is 2. The molecule has 4 rings (SSSR count). The highest BCUT2D eigenvalue weighted by Crippen LogP contribution is 2.49. The molecule has 9 heteroatoms. The summed E-state index contributed by atoms with van der Waals surface area (Å²) in [6.07, 6.45) is 0. The first-order chi connectivity index (χ1) is 17.5. The Morgan fingerprint density at radius 1 is 1.16 bits per heavy atom. The van der Waals surface area contributed by atoms with E-state index in [2.05, 4.69) is 5.32 Å². The van der Waals surface area contributed by atoms with Crippen molar-refractivity contribution in [3.05, 3.63) is 71.3 Å². The fourth-order valence-corrected chi connectivity index (χ4v) is 5.49. The number of hydrogen-bond acceptors (Lipinski definition) is 4. The Hall–Kier alpha value is -3.20. The zero-order valence-corrected chi connectivity index (χ0v) is 22.5. The topological polar surface area (TPSA) is 67.2 Å². The predicted octanol–water partition coefficient (Wildman–Crippen LogP) is 5.52. The van der Waals surface area contributed by atoms with E-state index in [0.29, 0.717) is 23.6 Å². The molecule has 1 aromatic heterocycles. The van der Waals surface area contributed by atoms with Gasteiger partial charge in [-0.2, -0.15) is 5.10 Å². The lowest BCUT2D eigenvalue weighted by Crippen LogP contribution is -2.44. The van der Waals surface area contributed by atoms with Gasteiger partial charge in [0.25, 0.3) is 0 Å². The normalized spacial score (nSPS) is 16.1. The smallest absolute Gasteiger partial charge is 0.240 e. The van der Waals surface area contributed by atoms with Crippen LogP contribution in [-0.2, 0) is 15.1 Å². The molecule has 1 unspecified atom stereocenters. The lowest BCUT2D eigenvalue weighted by Gasteiger charge is -2.29. The molecule has 6 nitrogen and oxygen atoms in total. The molecule has 2 aromatic carbocycles. The van der Waals surface area contributed by atoms with Gasteiger partial charge in [0.15, 0.2) is 0 Å². The summed E-state index contributed by atoms with van der Waals surface area (Å²) in [6.45, 7) is 10.2. The number of benzene rings is 2. The molecule has 3 aromatic rings. The van der Waals surface area contributed by atoms with Gasteiger partial charge in [0.1, 0.15) is 24.0 Å². The Kier molecular flexibility index (Phi) is 7.73. The van der Waals surface area contributed by atoms with Crippen LogP contribution in [0.4, 0.5) is 14.6 Å². The van der Waals surface area contributed by atoms with Gasteiger partial charge in [-0.25, -0.2) is 13.5 Å². The van der Waals surface area contributed by atoms with E-state index in [0.717, 1.165) is 11.6 Å². The van der Waals surface area contributed by atoms with Gasteiger partial charge in [-0.05, 0) is 32.8 Å². The molecule has 2 amide bonds. The third kappa shape index (κ3) is 5.71. The number of thioether (sulfide) groups is 1. The molecule has 0 spiro atoms. The van der Waals surface area contributed by atoms with E-state index in [9.17, 15) is 14.0 Å². The fraction of sp³-hybridized carbons (Fsp3) is 0.393. The van der Waals surface area contributed by atoms with E-state index in [1.807, 2.05) is 65.0 Å². The lowest BCUT2D eigenvalue weighted by atomic mass is 9.98. The van der Waals surface area contributed by atoms with E-state index in [1.165, 1.54) is 28.8 Å². The molecule has 0 saturated heterocycles. The van der Waals surface area contributed by atoms with E-state index >= 15 is 4.39 Å². The van der Waals surface area contributed by atoms with Crippen LogP contribution in [0.25, 0.3) is 11.3 Å². The second kappa shape index (κ2) is 10.7. The summed E-state index contributed by atoms with van der Waals surface area (Å²) >= 11 is 1.25. The van der Waals surface area contributed by atoms with Crippen LogP contribution in [0.1, 0.15) is 51.0 Å². The molecule has 0 radical (unpaired) electrons. The van der Waals surface area contributed by atoms with Crippen molar-refractivity contribution in [2.75, 3.05) is 23.7 Å². The van der Waals surface area contributed by atoms with Crippen LogP contribution in [0.15, 0.2) is 48.5 Å². The fourth-order valence-electron chi connectivity index (χ4n) is 4.27. The second-order valence-corrected chi connectivity index (χ2v) is 11.7. The zero-order valence-electron chi connectivity index (χ0n) is 21.7. The number of halogens is 2. The van der Waals surface area contributed by atoms with Crippen molar-refractivity contribution >= 4 is 29.4 Å². The van der Waals surface area contributed by atoms with Gasteiger partial charge in [-0.1, -0.05) is 50.2 Å². The summed E-state index contributed by atoms with van der Waals surface area (Å²) in [5, 5.41) is 7.19. The number of nitrogens with zero attached hydrogens (tertiary/aromatic N) is 3. The minimum absolute atomic E-state index is 0.0198. The number of anilines is 1. The summed E-state index contributed by atoms with van der Waals surface area (Å²) in [6, 6.07) is 13.0. The van der Waals surface area contributed by atoms with Crippen LogP contribution in [0.2, 0.25) is 0 Å². The largest absolute Gasteiger partial charge is 0.354 e. The minimum Gasteiger partial charge on any atom is -0.354 e. The second-order valence-electron chi connectivity index (χ2n) is 10.6. The molecule has 196 valence electrons. The van der Waals surface area contributed by atoms with E-state index in [-0.39, 0.29) is 35.6 Å². The van der Waals surface area contributed by atoms with E-state index < -0.39 is 22.4 Å². The van der Waals surface area contributed by atoms with Gasteiger partial charge in [0, 0.05) is 29.3 Å². The molecule has 37 heavy (non-hydrogen) atoms. The van der Waals surface area contributed by atoms with Gasteiger partial charge < -0.3 is 5.32 Å². The molecule has 0 aliphatic carbocycles. The Labute approximate surface area is 220 Å². The highest BCUT2D eigenvalue weighted by Gasteiger charge is 2.40. The van der Waals surface area contributed by atoms with Crippen molar-refractivity contribution in [2.45, 2.75) is 45.4 Å². The number of carbonyl (C=O) groups excluding carboxylic acids is 2. The van der Waals surface area contributed by atoms with Gasteiger partial charge in [-0.3, -0.25) is 14.5 Å². The number of hydrogen-bond donors (Lipinski definition) is 1. The number of carbonyl (C=O) groups is 2. The Bertz CT molecular complexity index is 1300. The third-order valence-corrected chi connectivity index (χ3v) is 7.26. The quantitative estimate of drug-likeness (QED) is 0.459. The van der Waals surface area contributed by atoms with Crippen molar-refractivity contribution in [1.82, 2.24) is 15.1 Å². The van der Waals surface area contributed by atoms with Crippen LogP contribution < -0.4 is 10.2 Å². The number of nitrogens with one attached hydrogen (secondary N) is 1. The standard InChI is InChI=1S/C28H32F2N4O2S/c1-17(2)14-31-22(35)15-33-23(36)16-37-26(20-12-11-19(29)13-21(20)30)24-25(18-9-7-6-8-10-18)32-34(27(24)33)28(3,4)5/h6-13,17,26H,14-16H2,1-5H3,(H,31,35). The van der Waals surface area contributed by atoms with Crippen LogP contribution in [0, 0.1) is 17.6 Å². The van der Waals surface area contributed by atoms with Crippen molar-refractivity contribution < 1.29 is 18.4 Å². The molecule has 0 fully saturated rings. The Morgan fingerprint density at radius 2 is 1.86 bits per heavy atom. The molecule has 2 heterocycles. The molecular formula is C28H32F2N4O2S. The molecule has 1 N–H and O–H groups in total. The maximum absolute atomic E-state index is 15.2. The summed E-state index contributed by atoms with van der Waals surface area (Å²) in [7, 11) is 0. The average molecular weight is 527 g/mol. The summed E-state index contributed by atoms with van der Waals surface area (Å²) in [4.78, 5) is 27.9. The van der Waals surface area contributed by atoms with E-state index in [4.69, 9.17) is 5.10 Å². The van der Waals surface area contributed by atoms with Gasteiger partial charge in [0.2, 0.25) is 11.8 Å². The van der Waals surface area contributed by atoms with Gasteiger partial charge in [-0.15, -0.1) is 11.8 Å². The summed E-state index contributed by atoms with van der Waals surface area (Å²) in [5.41, 5.74) is 1.71. The lowest BCUT2D eigenvalue weighted by molar-refractivity contribution is -0.123. The first-order valence-corrected chi connectivity index (χ1v) is 13.3. The average Bonchev–Trinajstić information content (AvgIpc) is 3.18. The van der Waals surface area contributed by atoms with Gasteiger partial charge >= 0.3 is 0 Å². The summed E-state index contributed by atoms with van der Waals surface area (Å²) in [5.74, 6) is -1.20. The number of fused-ring (bicyclic) bond motifs is 1. The van der Waals surface area contributed by atoms with E-state index in [1.54, 1.807) is 4.68 Å². The number of rotatable bonds is 6. The highest BCUT2D eigenvalue weighted by molar-refractivity contribution is 8.00. The molecule has 1 aliphatic heterocycles. The van der Waals surface area contributed by atoms with Crippen LogP contribution in [0.5, 0.6) is 0 Å². The molecular weight excluding hydrogens is 494 g/mol. The predicted molar refractivity (Wildman–Crippen MR) is 144 cm³/mol. The maximum Gasteiger partial charge on any atom is 0.240 e. The van der Waals surface area contributed by atoms with Crippen molar-refractivity contribution in [3.63, 3.8) is 0 Å². The van der Waals surface area contributed by atoms with Crippen molar-refractivity contribution in [1.29, 1.82) is 0 Å². The number of aromatic nitrogens is 2. The molecule has 0 saturated carbocycles. The van der Waals surface area contributed by atoms with Crippen LogP contribution >= 0.6 is 11.8 Å². The first kappa shape index (κ1) is 26.9. The monoisotopic (exact) mass is 526 g/mol. The molecule has 1 aliphatic rings. The van der Waals surface area contributed by atoms with Crippen LogP contribution in [-0.4, -0.2) is 40.4 Å². The van der Waals surface area contributed by atoms with Gasteiger partial charge in [0.05, 0.1) is 22.2 Å². The minimum atomic E-state index is -0.693. The maximum atomic E-state index is 15.2. The van der Waals surface area contributed by atoms with Crippen LogP contribution in [0.3, 0.4) is 0 Å². The first-order valence-electron chi connectivity index (χ1n) is 12.3. The Balaban J connectivity index is 1.97. The molecule has 1 atom stereocenters. The van der Waals surface area contributed by atoms with Crippen molar-refractivity contribution in [2.24, 2.45) is 5.92 Å². The molecule has 0 bridgehead atoms. The highest BCUT2D eigenvalue weighted by atomic mass is 32.2. The zero-order chi connectivity index (χ0) is 26.9. The third-order valence-electron chi connectivity index (χ3n) is 6.03. The Morgan fingerprint density at radius 3 is 2.49 bits per heavy atom.